The molecule has 0 aromatic heterocycles. The molecule has 0 fully saturated rings. The molecule has 6 nitrogen and oxygen atoms in total. The fourth-order valence-electron chi connectivity index (χ4n) is 0. The minimum absolute atomic E-state index is 0. The Bertz CT molecular complexity index is 26.5. The molecule has 0 spiro atoms. The standard InChI is InChI=1S/2BH2O3.Mg/c2*2-1(3)4;/h2*2-3H;/q2*-1;+2. The van der Waals surface area contributed by atoms with E-state index in [0.717, 1.165) is 0 Å². The van der Waals surface area contributed by atoms with Crippen LogP contribution < -0.4 is 10.0 Å². The number of hydrogen-bond donors (Lipinski definition) is 4. The molecule has 4 N–H and O–H groups in total. The van der Waals surface area contributed by atoms with Crippen LogP contribution in [0.1, 0.15) is 0 Å². The third kappa shape index (κ3) is 891. The molecule has 0 atom stereocenters. The van der Waals surface area contributed by atoms with Gasteiger partial charge in [-0.1, -0.05) is 0 Å². The van der Waals surface area contributed by atoms with E-state index in [-0.39, 0.29) is 23.1 Å². The van der Waals surface area contributed by atoms with Crippen LogP contribution in [0.3, 0.4) is 0 Å². The molecule has 0 rings (SSSR count). The van der Waals surface area contributed by atoms with Crippen LogP contribution >= 0.6 is 0 Å². The first kappa shape index (κ1) is 16.3. The zero-order chi connectivity index (χ0) is 7.15. The summed E-state index contributed by atoms with van der Waals surface area (Å²) in [5.41, 5.74) is 0. The summed E-state index contributed by atoms with van der Waals surface area (Å²) in [5.74, 6) is 0. The van der Waals surface area contributed by atoms with E-state index in [0.29, 0.717) is 0 Å². The van der Waals surface area contributed by atoms with Gasteiger partial charge in [-0.3, -0.25) is 0 Å². The van der Waals surface area contributed by atoms with Gasteiger partial charge in [0.25, 0.3) is 0 Å². The van der Waals surface area contributed by atoms with Gasteiger partial charge in [-0.25, -0.2) is 0 Å². The fraction of sp³-hybridized carbons (Fsp3) is 0. The topological polar surface area (TPSA) is 127 Å². The second-order valence-electron chi connectivity index (χ2n) is 0.653. The van der Waals surface area contributed by atoms with Crippen molar-refractivity contribution in [1.82, 2.24) is 0 Å². The van der Waals surface area contributed by atoms with Gasteiger partial charge in [-0.15, -0.1) is 0 Å². The monoisotopic (exact) mass is 146 g/mol. The van der Waals surface area contributed by atoms with Crippen LogP contribution in [-0.4, -0.2) is 57.8 Å². The van der Waals surface area contributed by atoms with E-state index in [1.54, 1.807) is 0 Å². The molecule has 0 aromatic carbocycles. The Balaban J connectivity index is -0.0000000720. The van der Waals surface area contributed by atoms with Gasteiger partial charge < -0.3 is 30.1 Å². The van der Waals surface area contributed by atoms with Gasteiger partial charge in [-0.2, -0.15) is 0 Å². The van der Waals surface area contributed by atoms with E-state index in [9.17, 15) is 0 Å². The zero-order valence-electron chi connectivity index (χ0n) is 4.47. The van der Waals surface area contributed by atoms with Crippen molar-refractivity contribution < 1.29 is 30.1 Å². The van der Waals surface area contributed by atoms with Crippen LogP contribution in [0.15, 0.2) is 0 Å². The Labute approximate surface area is 68.3 Å². The summed E-state index contributed by atoms with van der Waals surface area (Å²) in [6, 6.07) is 0. The summed E-state index contributed by atoms with van der Waals surface area (Å²) in [6.07, 6.45) is 0. The molecule has 0 amide bonds. The first-order valence-corrected chi connectivity index (χ1v) is 1.50. The van der Waals surface area contributed by atoms with Gasteiger partial charge in [-0.05, 0) is 0 Å². The van der Waals surface area contributed by atoms with Crippen molar-refractivity contribution in [2.45, 2.75) is 0 Å². The molecule has 48 valence electrons. The predicted molar refractivity (Wildman–Crippen MR) is 26.1 cm³/mol. The number of rotatable bonds is 0. The summed E-state index contributed by atoms with van der Waals surface area (Å²) in [6.45, 7) is 0. The molecule has 0 unspecified atom stereocenters. The summed E-state index contributed by atoms with van der Waals surface area (Å²) >= 11 is 0. The molecule has 0 saturated heterocycles. The average Bonchev–Trinajstić information content (AvgIpc) is 1.25. The van der Waals surface area contributed by atoms with Gasteiger partial charge >= 0.3 is 37.7 Å². The minimum Gasteiger partial charge on any atom is -0.832 e. The Kier molecular flexibility index (Phi) is 20.8. The second kappa shape index (κ2) is 11.5. The predicted octanol–water partition coefficient (Wildman–Crippen LogP) is -5.75. The van der Waals surface area contributed by atoms with Gasteiger partial charge in [0.15, 0.2) is 0 Å². The molecule has 0 heterocycles. The maximum Gasteiger partial charge on any atom is 2.00 e. The Morgan fingerprint density at radius 1 is 0.778 bits per heavy atom. The quantitative estimate of drug-likeness (QED) is 0.252. The largest absolute Gasteiger partial charge is 2.00 e. The van der Waals surface area contributed by atoms with E-state index >= 15 is 0 Å². The SMILES string of the molecule is [Mg+2].[O-]B(O)O.[O-]B(O)O. The molecular formula is H4B2MgO6. The van der Waals surface area contributed by atoms with Crippen LogP contribution in [-0.2, 0) is 0 Å². The fourth-order valence-corrected chi connectivity index (χ4v) is 0. The smallest absolute Gasteiger partial charge is 0.832 e. The molecule has 0 bridgehead atoms. The van der Waals surface area contributed by atoms with Crippen LogP contribution in [0.2, 0.25) is 0 Å². The van der Waals surface area contributed by atoms with E-state index < -0.39 is 14.6 Å². The first-order chi connectivity index (χ1) is 3.46. The summed E-state index contributed by atoms with van der Waals surface area (Å²) in [5, 5.41) is 45.5. The summed E-state index contributed by atoms with van der Waals surface area (Å²) in [4.78, 5) is 0. The Morgan fingerprint density at radius 3 is 0.778 bits per heavy atom. The maximum absolute atomic E-state index is 8.64. The molecule has 0 aliphatic heterocycles. The molecule has 0 aliphatic carbocycles. The van der Waals surface area contributed by atoms with Crippen molar-refractivity contribution >= 4 is 37.7 Å². The summed E-state index contributed by atoms with van der Waals surface area (Å²) < 4.78 is 0. The van der Waals surface area contributed by atoms with Gasteiger partial charge in [0.1, 0.15) is 0 Å². The van der Waals surface area contributed by atoms with Crippen molar-refractivity contribution in [2.24, 2.45) is 0 Å². The number of hydrogen-bond acceptors (Lipinski definition) is 6. The summed E-state index contributed by atoms with van der Waals surface area (Å²) in [7, 11) is -4.83. The van der Waals surface area contributed by atoms with E-state index in [1.165, 1.54) is 0 Å². The minimum atomic E-state index is -2.42. The molecular weight excluding hydrogens is 142 g/mol. The van der Waals surface area contributed by atoms with E-state index in [2.05, 4.69) is 0 Å². The Morgan fingerprint density at radius 2 is 0.778 bits per heavy atom. The molecule has 0 aliphatic rings. The van der Waals surface area contributed by atoms with Crippen LogP contribution in [0, 0.1) is 0 Å². The Hall–Kier alpha value is 0.656. The zero-order valence-corrected chi connectivity index (χ0v) is 5.88. The van der Waals surface area contributed by atoms with Crippen molar-refractivity contribution in [2.75, 3.05) is 0 Å². The van der Waals surface area contributed by atoms with Crippen LogP contribution in [0.4, 0.5) is 0 Å². The molecule has 0 aromatic rings. The van der Waals surface area contributed by atoms with Crippen molar-refractivity contribution in [3.05, 3.63) is 0 Å². The third-order valence-electron chi connectivity index (χ3n) is 0. The van der Waals surface area contributed by atoms with E-state index in [1.807, 2.05) is 0 Å². The van der Waals surface area contributed by atoms with E-state index in [4.69, 9.17) is 30.1 Å². The van der Waals surface area contributed by atoms with Crippen molar-refractivity contribution in [3.8, 4) is 0 Å². The van der Waals surface area contributed by atoms with Gasteiger partial charge in [0.2, 0.25) is 0 Å². The van der Waals surface area contributed by atoms with Crippen molar-refractivity contribution in [3.63, 3.8) is 0 Å². The molecule has 9 heteroatoms. The van der Waals surface area contributed by atoms with Crippen molar-refractivity contribution in [1.29, 1.82) is 0 Å². The maximum atomic E-state index is 8.64. The normalized spacial score (nSPS) is 6.00. The molecule has 0 radical (unpaired) electrons. The molecule has 9 heavy (non-hydrogen) atoms. The van der Waals surface area contributed by atoms with Gasteiger partial charge in [0.05, 0.1) is 0 Å². The van der Waals surface area contributed by atoms with Crippen LogP contribution in [0.5, 0.6) is 0 Å². The average molecular weight is 146 g/mol. The van der Waals surface area contributed by atoms with Gasteiger partial charge in [0, 0.05) is 0 Å². The third-order valence-corrected chi connectivity index (χ3v) is 0. The molecule has 0 saturated carbocycles. The second-order valence-corrected chi connectivity index (χ2v) is 0.653. The first-order valence-electron chi connectivity index (χ1n) is 1.50. The van der Waals surface area contributed by atoms with Crippen LogP contribution in [0.25, 0.3) is 0 Å².